The van der Waals surface area contributed by atoms with Crippen molar-refractivity contribution in [3.8, 4) is 0 Å². The molecule has 0 aromatic carbocycles. The first-order chi connectivity index (χ1) is 7.93. The molecular weight excluding hydrogens is 248 g/mol. The lowest BCUT2D eigenvalue weighted by molar-refractivity contribution is 0.0777. The minimum atomic E-state index is -2.42. The van der Waals surface area contributed by atoms with Gasteiger partial charge in [0.05, 0.1) is 0 Å². The number of rotatable bonds is 10. The first kappa shape index (κ1) is 17.3. The quantitative estimate of drug-likeness (QED) is 0.571. The van der Waals surface area contributed by atoms with Gasteiger partial charge in [0.2, 0.25) is 0 Å². The predicted molar refractivity (Wildman–Crippen MR) is 77.8 cm³/mol. The van der Waals surface area contributed by atoms with Crippen LogP contribution in [0.3, 0.4) is 0 Å². The van der Waals surface area contributed by atoms with Crippen molar-refractivity contribution < 1.29 is 13.3 Å². The maximum atomic E-state index is 6.10. The molecule has 0 aliphatic rings. The summed E-state index contributed by atoms with van der Waals surface area (Å²) >= 11 is 0. The standard InChI is InChI=1S/C12H30O3Si2/c1-7-10-13-17(14-11-8-2,15-12-9-3)16(4,5)6/h7-12H2,1-6H3. The van der Waals surface area contributed by atoms with E-state index in [0.717, 1.165) is 39.1 Å². The topological polar surface area (TPSA) is 27.7 Å². The average molecular weight is 279 g/mol. The maximum Gasteiger partial charge on any atom is 0.469 e. The lowest BCUT2D eigenvalue weighted by atomic mass is 10.5. The molecule has 0 aromatic rings. The SMILES string of the molecule is CCCO[Si](OCCC)(OCCC)[Si](C)(C)C. The Morgan fingerprint density at radius 1 is 0.647 bits per heavy atom. The summed E-state index contributed by atoms with van der Waals surface area (Å²) in [4.78, 5) is 0. The molecule has 0 aliphatic carbocycles. The van der Waals surface area contributed by atoms with Crippen molar-refractivity contribution in [2.45, 2.75) is 59.7 Å². The van der Waals surface area contributed by atoms with Crippen LogP contribution in [0, 0.1) is 0 Å². The Bertz CT molecular complexity index is 171. The van der Waals surface area contributed by atoms with Gasteiger partial charge in [0.25, 0.3) is 0 Å². The Morgan fingerprint density at radius 3 is 1.12 bits per heavy atom. The summed E-state index contributed by atoms with van der Waals surface area (Å²) in [7, 11) is -4.00. The average Bonchev–Trinajstić information content (AvgIpc) is 2.27. The second-order valence-corrected chi connectivity index (χ2v) is 18.2. The number of hydrogen-bond donors (Lipinski definition) is 0. The Kier molecular flexibility index (Phi) is 8.58. The van der Waals surface area contributed by atoms with E-state index < -0.39 is 15.9 Å². The van der Waals surface area contributed by atoms with Crippen LogP contribution in [0.1, 0.15) is 40.0 Å². The molecule has 0 aliphatic heterocycles. The molecule has 0 heterocycles. The van der Waals surface area contributed by atoms with Crippen molar-refractivity contribution in [1.29, 1.82) is 0 Å². The largest absolute Gasteiger partial charge is 0.469 e. The molecule has 0 amide bonds. The molecule has 0 aromatic heterocycles. The lowest BCUT2D eigenvalue weighted by Crippen LogP contribution is -2.64. The molecule has 104 valence electrons. The monoisotopic (exact) mass is 278 g/mol. The zero-order valence-corrected chi connectivity index (χ0v) is 14.5. The predicted octanol–water partition coefficient (Wildman–Crippen LogP) is 3.62. The highest BCUT2D eigenvalue weighted by atomic mass is 29.3. The molecule has 5 heteroatoms. The van der Waals surface area contributed by atoms with Crippen LogP contribution in [0.2, 0.25) is 19.6 Å². The molecule has 0 atom stereocenters. The molecule has 3 nitrogen and oxygen atoms in total. The van der Waals surface area contributed by atoms with Gasteiger partial charge in [0, 0.05) is 19.8 Å². The van der Waals surface area contributed by atoms with Gasteiger partial charge in [-0.1, -0.05) is 40.4 Å². The normalized spacial score (nSPS) is 13.1. The summed E-state index contributed by atoms with van der Waals surface area (Å²) in [5, 5.41) is 0. The molecule has 0 unspecified atom stereocenters. The summed E-state index contributed by atoms with van der Waals surface area (Å²) in [6.07, 6.45) is 3.05. The third kappa shape index (κ3) is 5.65. The van der Waals surface area contributed by atoms with Crippen LogP contribution in [0.5, 0.6) is 0 Å². The molecule has 0 N–H and O–H groups in total. The first-order valence-corrected chi connectivity index (χ1v) is 13.1. The number of hydrogen-bond acceptors (Lipinski definition) is 3. The van der Waals surface area contributed by atoms with Crippen molar-refractivity contribution in [3.05, 3.63) is 0 Å². The van der Waals surface area contributed by atoms with E-state index in [2.05, 4.69) is 40.4 Å². The van der Waals surface area contributed by atoms with Crippen LogP contribution in [0.15, 0.2) is 0 Å². The molecular formula is C12H30O3Si2. The van der Waals surface area contributed by atoms with Gasteiger partial charge in [-0.25, -0.2) is 0 Å². The minimum Gasteiger partial charge on any atom is -0.376 e. The summed E-state index contributed by atoms with van der Waals surface area (Å²) in [5.74, 6) is 0. The van der Waals surface area contributed by atoms with E-state index in [0.29, 0.717) is 0 Å². The fourth-order valence-corrected chi connectivity index (χ4v) is 9.27. The maximum absolute atomic E-state index is 6.10. The summed E-state index contributed by atoms with van der Waals surface area (Å²) in [6, 6.07) is 0. The first-order valence-electron chi connectivity index (χ1n) is 6.85. The second-order valence-electron chi connectivity index (χ2n) is 5.35. The van der Waals surface area contributed by atoms with Crippen LogP contribution < -0.4 is 0 Å². The van der Waals surface area contributed by atoms with Gasteiger partial charge in [-0.2, -0.15) is 0 Å². The lowest BCUT2D eigenvalue weighted by Gasteiger charge is -2.38. The van der Waals surface area contributed by atoms with Crippen LogP contribution in [0.4, 0.5) is 0 Å². The molecule has 0 spiro atoms. The van der Waals surface area contributed by atoms with E-state index in [9.17, 15) is 0 Å². The Hall–Kier alpha value is 0.314. The zero-order chi connectivity index (χ0) is 13.4. The van der Waals surface area contributed by atoms with Gasteiger partial charge >= 0.3 is 8.32 Å². The van der Waals surface area contributed by atoms with Gasteiger partial charge in [-0.3, -0.25) is 0 Å². The van der Waals surface area contributed by atoms with Crippen LogP contribution in [-0.2, 0) is 13.3 Å². The third-order valence-corrected chi connectivity index (χ3v) is 12.8. The van der Waals surface area contributed by atoms with Crippen molar-refractivity contribution in [2.75, 3.05) is 19.8 Å². The highest BCUT2D eigenvalue weighted by Crippen LogP contribution is 2.24. The van der Waals surface area contributed by atoms with Crippen molar-refractivity contribution in [2.24, 2.45) is 0 Å². The fraction of sp³-hybridized carbons (Fsp3) is 1.00. The van der Waals surface area contributed by atoms with E-state index >= 15 is 0 Å². The molecule has 0 saturated carbocycles. The van der Waals surface area contributed by atoms with Gasteiger partial charge in [0.1, 0.15) is 7.59 Å². The Morgan fingerprint density at radius 2 is 0.941 bits per heavy atom. The van der Waals surface area contributed by atoms with Crippen molar-refractivity contribution in [3.63, 3.8) is 0 Å². The summed E-state index contributed by atoms with van der Waals surface area (Å²) in [6.45, 7) is 15.5. The highest BCUT2D eigenvalue weighted by molar-refractivity contribution is 7.33. The van der Waals surface area contributed by atoms with E-state index in [1.54, 1.807) is 0 Å². The Labute approximate surface area is 109 Å². The molecule has 17 heavy (non-hydrogen) atoms. The third-order valence-electron chi connectivity index (χ3n) is 2.41. The van der Waals surface area contributed by atoms with E-state index in [4.69, 9.17) is 13.3 Å². The van der Waals surface area contributed by atoms with Gasteiger partial charge in [-0.05, 0) is 19.3 Å². The molecule has 0 bridgehead atoms. The summed E-state index contributed by atoms with van der Waals surface area (Å²) in [5.41, 5.74) is 0. The van der Waals surface area contributed by atoms with E-state index in [-0.39, 0.29) is 0 Å². The van der Waals surface area contributed by atoms with E-state index in [1.165, 1.54) is 0 Å². The molecule has 0 saturated heterocycles. The van der Waals surface area contributed by atoms with Gasteiger partial charge < -0.3 is 13.3 Å². The van der Waals surface area contributed by atoms with Crippen LogP contribution in [-0.4, -0.2) is 35.7 Å². The molecule has 0 radical (unpaired) electrons. The smallest absolute Gasteiger partial charge is 0.376 e. The summed E-state index contributed by atoms with van der Waals surface area (Å²) < 4.78 is 18.3. The van der Waals surface area contributed by atoms with Crippen LogP contribution in [0.25, 0.3) is 0 Å². The molecule has 0 rings (SSSR count). The minimum absolute atomic E-state index is 0.754. The van der Waals surface area contributed by atoms with Crippen molar-refractivity contribution in [1.82, 2.24) is 0 Å². The second kappa shape index (κ2) is 8.42. The Balaban J connectivity index is 4.78. The van der Waals surface area contributed by atoms with Gasteiger partial charge in [0.15, 0.2) is 0 Å². The van der Waals surface area contributed by atoms with Crippen molar-refractivity contribution >= 4 is 15.9 Å². The zero-order valence-electron chi connectivity index (χ0n) is 12.5. The molecule has 0 fully saturated rings. The van der Waals surface area contributed by atoms with Gasteiger partial charge in [-0.15, -0.1) is 0 Å². The van der Waals surface area contributed by atoms with Crippen LogP contribution >= 0.6 is 0 Å². The highest BCUT2D eigenvalue weighted by Gasteiger charge is 2.53. The fourth-order valence-electron chi connectivity index (χ4n) is 1.48. The van der Waals surface area contributed by atoms with E-state index in [1.807, 2.05) is 0 Å².